The number of amides is 3. The molecule has 0 aliphatic rings. The first kappa shape index (κ1) is 31.5. The summed E-state index contributed by atoms with van der Waals surface area (Å²) in [6.07, 6.45) is 1.53. The van der Waals surface area contributed by atoms with Crippen molar-refractivity contribution < 1.29 is 23.9 Å². The third kappa shape index (κ3) is 8.78. The van der Waals surface area contributed by atoms with Gasteiger partial charge in [0.1, 0.15) is 17.2 Å². The summed E-state index contributed by atoms with van der Waals surface area (Å²) in [6.45, 7) is 0. The summed E-state index contributed by atoms with van der Waals surface area (Å²) >= 11 is 13.5. The van der Waals surface area contributed by atoms with Crippen LogP contribution in [0.2, 0.25) is 10.0 Å². The number of halogens is 2. The molecule has 4 aromatic rings. The average molecular weight is 637 g/mol. The maximum atomic E-state index is 13.4. The molecule has 0 aliphatic heterocycles. The van der Waals surface area contributed by atoms with E-state index in [2.05, 4.69) is 16.0 Å². The van der Waals surface area contributed by atoms with Gasteiger partial charge in [-0.05, 0) is 66.7 Å². The lowest BCUT2D eigenvalue weighted by Crippen LogP contribution is -2.30. The fourth-order valence-corrected chi connectivity index (χ4v) is 4.85. The van der Waals surface area contributed by atoms with E-state index in [4.69, 9.17) is 32.7 Å². The van der Waals surface area contributed by atoms with Crippen LogP contribution in [0.25, 0.3) is 6.08 Å². The van der Waals surface area contributed by atoms with E-state index in [1.165, 1.54) is 24.9 Å². The standard InChI is InChI=1S/C32H27Cl2N3O5S/c1-41-23-14-11-21(28(18-23)42-2)17-27(37-31(39)20-7-4-3-5-8-20)32(40)35-22-12-15-24(16-13-22)43-19-29(38)36-26-10-6-9-25(33)30(26)34/h3-18H,19H2,1-2H3,(H,35,40)(H,36,38)(H,37,39)/b27-17-. The van der Waals surface area contributed by atoms with Gasteiger partial charge in [-0.2, -0.15) is 0 Å². The van der Waals surface area contributed by atoms with Gasteiger partial charge in [0.2, 0.25) is 5.91 Å². The van der Waals surface area contributed by atoms with Crippen LogP contribution in [-0.2, 0) is 9.59 Å². The Bertz CT molecular complexity index is 1650. The van der Waals surface area contributed by atoms with Gasteiger partial charge in [0, 0.05) is 27.8 Å². The molecular formula is C32H27Cl2N3O5S. The van der Waals surface area contributed by atoms with Crippen molar-refractivity contribution in [1.29, 1.82) is 0 Å². The minimum absolute atomic E-state index is 0.00659. The predicted octanol–water partition coefficient (Wildman–Crippen LogP) is 7.15. The van der Waals surface area contributed by atoms with Crippen LogP contribution in [0.4, 0.5) is 11.4 Å². The summed E-state index contributed by atoms with van der Waals surface area (Å²) in [6, 6.07) is 25.7. The molecule has 0 aromatic heterocycles. The monoisotopic (exact) mass is 635 g/mol. The number of rotatable bonds is 11. The largest absolute Gasteiger partial charge is 0.497 e. The zero-order chi connectivity index (χ0) is 30.8. The number of hydrogen-bond donors (Lipinski definition) is 3. The first-order chi connectivity index (χ1) is 20.8. The second-order valence-electron chi connectivity index (χ2n) is 8.90. The Morgan fingerprint density at radius 2 is 1.58 bits per heavy atom. The van der Waals surface area contributed by atoms with Crippen molar-refractivity contribution in [1.82, 2.24) is 5.32 Å². The zero-order valence-corrected chi connectivity index (χ0v) is 25.5. The lowest BCUT2D eigenvalue weighted by molar-refractivity contribution is -0.114. The first-order valence-corrected chi connectivity index (χ1v) is 14.6. The molecule has 0 heterocycles. The van der Waals surface area contributed by atoms with E-state index in [-0.39, 0.29) is 22.4 Å². The molecule has 3 amide bonds. The highest BCUT2D eigenvalue weighted by Gasteiger charge is 2.17. The third-order valence-corrected chi connectivity index (χ3v) is 7.81. The van der Waals surface area contributed by atoms with E-state index >= 15 is 0 Å². The van der Waals surface area contributed by atoms with Crippen molar-refractivity contribution in [2.45, 2.75) is 4.90 Å². The van der Waals surface area contributed by atoms with Crippen LogP contribution >= 0.6 is 35.0 Å². The van der Waals surface area contributed by atoms with E-state index in [9.17, 15) is 14.4 Å². The molecule has 0 unspecified atom stereocenters. The van der Waals surface area contributed by atoms with Gasteiger partial charge >= 0.3 is 0 Å². The van der Waals surface area contributed by atoms with Crippen molar-refractivity contribution in [3.8, 4) is 11.5 Å². The van der Waals surface area contributed by atoms with E-state index in [1.54, 1.807) is 98.1 Å². The van der Waals surface area contributed by atoms with Crippen LogP contribution in [0.5, 0.6) is 11.5 Å². The van der Waals surface area contributed by atoms with Gasteiger partial charge in [-0.1, -0.05) is 47.5 Å². The molecule has 0 aliphatic carbocycles. The van der Waals surface area contributed by atoms with Gasteiger partial charge in [-0.25, -0.2) is 0 Å². The molecule has 11 heteroatoms. The van der Waals surface area contributed by atoms with Gasteiger partial charge in [0.05, 0.1) is 35.7 Å². The van der Waals surface area contributed by atoms with Crippen molar-refractivity contribution in [2.75, 3.05) is 30.6 Å². The van der Waals surface area contributed by atoms with Crippen LogP contribution in [0, 0.1) is 0 Å². The van der Waals surface area contributed by atoms with Crippen LogP contribution in [0.15, 0.2) is 102 Å². The second-order valence-corrected chi connectivity index (χ2v) is 10.7. The minimum Gasteiger partial charge on any atom is -0.497 e. The molecule has 43 heavy (non-hydrogen) atoms. The fourth-order valence-electron chi connectivity index (χ4n) is 3.80. The highest BCUT2D eigenvalue weighted by atomic mass is 35.5. The number of carbonyl (C=O) groups is 3. The number of benzene rings is 4. The predicted molar refractivity (Wildman–Crippen MR) is 172 cm³/mol. The molecule has 0 spiro atoms. The van der Waals surface area contributed by atoms with Gasteiger partial charge < -0.3 is 25.4 Å². The van der Waals surface area contributed by atoms with Gasteiger partial charge in [-0.15, -0.1) is 11.8 Å². The Labute approximate surface area is 263 Å². The molecule has 0 saturated heterocycles. The molecule has 220 valence electrons. The Hall–Kier alpha value is -4.44. The normalized spacial score (nSPS) is 10.9. The van der Waals surface area contributed by atoms with Gasteiger partial charge in [-0.3, -0.25) is 14.4 Å². The molecule has 0 radical (unpaired) electrons. The number of methoxy groups -OCH3 is 2. The number of anilines is 2. The number of hydrogen-bond acceptors (Lipinski definition) is 6. The summed E-state index contributed by atoms with van der Waals surface area (Å²) in [5.74, 6) is -0.0570. The number of nitrogens with one attached hydrogen (secondary N) is 3. The minimum atomic E-state index is -0.541. The maximum Gasteiger partial charge on any atom is 0.272 e. The van der Waals surface area contributed by atoms with Crippen molar-refractivity contribution in [2.24, 2.45) is 0 Å². The Kier molecular flexibility index (Phi) is 11.1. The smallest absolute Gasteiger partial charge is 0.272 e. The summed E-state index contributed by atoms with van der Waals surface area (Å²) < 4.78 is 10.7. The van der Waals surface area contributed by atoms with Gasteiger partial charge in [0.25, 0.3) is 11.8 Å². The molecule has 0 fully saturated rings. The zero-order valence-electron chi connectivity index (χ0n) is 23.2. The van der Waals surface area contributed by atoms with Crippen LogP contribution in [0.3, 0.4) is 0 Å². The molecule has 4 aromatic carbocycles. The molecular weight excluding hydrogens is 609 g/mol. The van der Waals surface area contributed by atoms with Crippen molar-refractivity contribution in [3.63, 3.8) is 0 Å². The van der Waals surface area contributed by atoms with Crippen molar-refractivity contribution >= 4 is 70.1 Å². The van der Waals surface area contributed by atoms with Gasteiger partial charge in [0.15, 0.2) is 0 Å². The van der Waals surface area contributed by atoms with E-state index in [0.29, 0.717) is 39.0 Å². The van der Waals surface area contributed by atoms with Crippen LogP contribution < -0.4 is 25.4 Å². The fraction of sp³-hybridized carbons (Fsp3) is 0.0938. The Balaban J connectivity index is 1.46. The molecule has 0 atom stereocenters. The molecule has 4 rings (SSSR count). The van der Waals surface area contributed by atoms with Crippen LogP contribution in [0.1, 0.15) is 15.9 Å². The quantitative estimate of drug-likeness (QED) is 0.119. The highest BCUT2D eigenvalue weighted by molar-refractivity contribution is 8.00. The topological polar surface area (TPSA) is 106 Å². The van der Waals surface area contributed by atoms with E-state index in [1.807, 2.05) is 0 Å². The first-order valence-electron chi connectivity index (χ1n) is 12.9. The second kappa shape index (κ2) is 15.2. The third-order valence-electron chi connectivity index (χ3n) is 5.98. The van der Waals surface area contributed by atoms with E-state index in [0.717, 1.165) is 4.90 Å². The molecule has 3 N–H and O–H groups in total. The molecule has 0 saturated carbocycles. The summed E-state index contributed by atoms with van der Waals surface area (Å²) in [5, 5.41) is 8.90. The van der Waals surface area contributed by atoms with Crippen molar-refractivity contribution in [3.05, 3.63) is 118 Å². The van der Waals surface area contributed by atoms with Crippen LogP contribution in [-0.4, -0.2) is 37.7 Å². The lowest BCUT2D eigenvalue weighted by Gasteiger charge is -2.13. The number of thioether (sulfide) groups is 1. The summed E-state index contributed by atoms with van der Waals surface area (Å²) in [5.41, 5.74) is 1.89. The highest BCUT2D eigenvalue weighted by Crippen LogP contribution is 2.30. The maximum absolute atomic E-state index is 13.4. The summed E-state index contributed by atoms with van der Waals surface area (Å²) in [4.78, 5) is 39.6. The molecule has 8 nitrogen and oxygen atoms in total. The summed E-state index contributed by atoms with van der Waals surface area (Å²) in [7, 11) is 3.04. The average Bonchev–Trinajstić information content (AvgIpc) is 3.03. The number of carbonyl (C=O) groups excluding carboxylic acids is 3. The lowest BCUT2D eigenvalue weighted by atomic mass is 10.1. The Morgan fingerprint density at radius 3 is 2.28 bits per heavy atom. The number of ether oxygens (including phenoxy) is 2. The van der Waals surface area contributed by atoms with E-state index < -0.39 is 11.8 Å². The SMILES string of the molecule is COc1ccc(/C=C(\NC(=O)c2ccccc2)C(=O)Nc2ccc(SCC(=O)Nc3cccc(Cl)c3Cl)cc2)c(OC)c1. The Morgan fingerprint density at radius 1 is 0.837 bits per heavy atom. The molecule has 0 bridgehead atoms.